The molecule has 90 valence electrons. The van der Waals surface area contributed by atoms with E-state index in [2.05, 4.69) is 11.1 Å². The van der Waals surface area contributed by atoms with Gasteiger partial charge in [-0.05, 0) is 30.3 Å². The van der Waals surface area contributed by atoms with Gasteiger partial charge in [-0.1, -0.05) is 6.07 Å². The fraction of sp³-hybridized carbons (Fsp3) is 0.143. The molecule has 0 amide bonds. The van der Waals surface area contributed by atoms with E-state index in [1.165, 1.54) is 0 Å². The third kappa shape index (κ3) is 2.25. The molecule has 4 nitrogen and oxygen atoms in total. The summed E-state index contributed by atoms with van der Waals surface area (Å²) in [5.74, 6) is 1.41. The molecule has 0 atom stereocenters. The second-order valence-electron chi connectivity index (χ2n) is 3.75. The lowest BCUT2D eigenvalue weighted by molar-refractivity contribution is 0.414. The van der Waals surface area contributed by atoms with Crippen LogP contribution in [-0.2, 0) is 0 Å². The molecular weight excluding hydrogens is 226 g/mol. The highest BCUT2D eigenvalue weighted by Gasteiger charge is 2.11. The minimum atomic E-state index is 0.620. The number of ether oxygens (including phenoxy) is 1. The Morgan fingerprint density at radius 3 is 2.83 bits per heavy atom. The third-order valence-corrected chi connectivity index (χ3v) is 2.65. The number of hydrogen-bond donors (Lipinski definition) is 0. The van der Waals surface area contributed by atoms with Crippen molar-refractivity contribution < 1.29 is 4.74 Å². The molecule has 0 saturated heterocycles. The van der Waals surface area contributed by atoms with Gasteiger partial charge in [-0.2, -0.15) is 5.26 Å². The maximum Gasteiger partial charge on any atom is 0.175 e. The Morgan fingerprint density at radius 2 is 2.11 bits per heavy atom. The summed E-state index contributed by atoms with van der Waals surface area (Å²) in [6.45, 7) is 0. The van der Waals surface area contributed by atoms with Gasteiger partial charge in [-0.3, -0.25) is 0 Å². The van der Waals surface area contributed by atoms with Gasteiger partial charge in [0.2, 0.25) is 0 Å². The molecule has 0 radical (unpaired) electrons. The summed E-state index contributed by atoms with van der Waals surface area (Å²) in [5, 5.41) is 8.91. The molecule has 2 rings (SSSR count). The lowest BCUT2D eigenvalue weighted by atomic mass is 10.2. The summed E-state index contributed by atoms with van der Waals surface area (Å²) in [5.41, 5.74) is 1.51. The summed E-state index contributed by atoms with van der Waals surface area (Å²) >= 11 is 0. The van der Waals surface area contributed by atoms with Crippen molar-refractivity contribution in [3.8, 4) is 11.8 Å². The molecule has 0 bridgehead atoms. The number of hydrogen-bond acceptors (Lipinski definition) is 4. The van der Waals surface area contributed by atoms with E-state index in [0.29, 0.717) is 11.3 Å². The number of rotatable bonds is 3. The number of anilines is 2. The summed E-state index contributed by atoms with van der Waals surface area (Å²) in [4.78, 5) is 6.19. The molecular formula is C14H13N3O. The molecule has 0 saturated carbocycles. The van der Waals surface area contributed by atoms with Crippen molar-refractivity contribution in [2.75, 3.05) is 19.1 Å². The highest BCUT2D eigenvalue weighted by atomic mass is 16.5. The van der Waals surface area contributed by atoms with Crippen LogP contribution in [0.5, 0.6) is 5.75 Å². The highest BCUT2D eigenvalue weighted by molar-refractivity contribution is 5.65. The molecule has 0 spiro atoms. The van der Waals surface area contributed by atoms with Crippen LogP contribution in [0.2, 0.25) is 0 Å². The first-order valence-electron chi connectivity index (χ1n) is 5.49. The van der Waals surface area contributed by atoms with Crippen molar-refractivity contribution in [1.29, 1.82) is 5.26 Å². The van der Waals surface area contributed by atoms with Crippen molar-refractivity contribution in [1.82, 2.24) is 4.98 Å². The Labute approximate surface area is 106 Å². The fourth-order valence-corrected chi connectivity index (χ4v) is 1.70. The van der Waals surface area contributed by atoms with E-state index in [4.69, 9.17) is 10.00 Å². The molecule has 0 N–H and O–H groups in total. The average Bonchev–Trinajstić information content (AvgIpc) is 2.46. The fourth-order valence-electron chi connectivity index (χ4n) is 1.70. The van der Waals surface area contributed by atoms with E-state index in [1.54, 1.807) is 19.4 Å². The zero-order chi connectivity index (χ0) is 13.0. The second kappa shape index (κ2) is 5.19. The SMILES string of the molecule is COc1cccnc1N(C)c1cccc(C#N)c1. The molecule has 1 heterocycles. The molecule has 0 fully saturated rings. The van der Waals surface area contributed by atoms with Gasteiger partial charge in [0.05, 0.1) is 18.7 Å². The van der Waals surface area contributed by atoms with Crippen molar-refractivity contribution in [3.63, 3.8) is 0 Å². The van der Waals surface area contributed by atoms with E-state index in [0.717, 1.165) is 11.5 Å². The smallest absolute Gasteiger partial charge is 0.175 e. The average molecular weight is 239 g/mol. The Hall–Kier alpha value is -2.54. The van der Waals surface area contributed by atoms with Gasteiger partial charge in [0.25, 0.3) is 0 Å². The van der Waals surface area contributed by atoms with Crippen molar-refractivity contribution >= 4 is 11.5 Å². The van der Waals surface area contributed by atoms with Crippen LogP contribution >= 0.6 is 0 Å². The lowest BCUT2D eigenvalue weighted by Crippen LogP contribution is -2.12. The molecule has 1 aromatic carbocycles. The number of aromatic nitrogens is 1. The third-order valence-electron chi connectivity index (χ3n) is 2.65. The van der Waals surface area contributed by atoms with Gasteiger partial charge in [0.1, 0.15) is 0 Å². The van der Waals surface area contributed by atoms with E-state index in [1.807, 2.05) is 42.3 Å². The van der Waals surface area contributed by atoms with Crippen LogP contribution in [0.4, 0.5) is 11.5 Å². The Kier molecular flexibility index (Phi) is 3.44. The van der Waals surface area contributed by atoms with Crippen molar-refractivity contribution in [2.24, 2.45) is 0 Å². The molecule has 0 unspecified atom stereocenters. The predicted molar refractivity (Wildman–Crippen MR) is 70.0 cm³/mol. The Bertz CT molecular complexity index is 590. The summed E-state index contributed by atoms with van der Waals surface area (Å²) in [7, 11) is 3.50. The number of benzene rings is 1. The molecule has 18 heavy (non-hydrogen) atoms. The molecule has 0 aliphatic rings. The maximum atomic E-state index is 8.91. The summed E-state index contributed by atoms with van der Waals surface area (Å²) in [6.07, 6.45) is 1.71. The normalized spacial score (nSPS) is 9.61. The first kappa shape index (κ1) is 11.9. The van der Waals surface area contributed by atoms with E-state index >= 15 is 0 Å². The predicted octanol–water partition coefficient (Wildman–Crippen LogP) is 2.73. The van der Waals surface area contributed by atoms with Crippen molar-refractivity contribution in [2.45, 2.75) is 0 Å². The topological polar surface area (TPSA) is 49.1 Å². The minimum Gasteiger partial charge on any atom is -0.493 e. The zero-order valence-electron chi connectivity index (χ0n) is 10.3. The lowest BCUT2D eigenvalue weighted by Gasteiger charge is -2.20. The van der Waals surface area contributed by atoms with Gasteiger partial charge in [-0.25, -0.2) is 4.98 Å². The van der Waals surface area contributed by atoms with E-state index in [9.17, 15) is 0 Å². The van der Waals surface area contributed by atoms with E-state index in [-0.39, 0.29) is 0 Å². The quantitative estimate of drug-likeness (QED) is 0.826. The van der Waals surface area contributed by atoms with Crippen LogP contribution in [0.25, 0.3) is 0 Å². The first-order chi connectivity index (χ1) is 8.76. The molecule has 1 aromatic heterocycles. The second-order valence-corrected chi connectivity index (χ2v) is 3.75. The minimum absolute atomic E-state index is 0.620. The maximum absolute atomic E-state index is 8.91. The first-order valence-corrected chi connectivity index (χ1v) is 5.49. The summed E-state index contributed by atoms with van der Waals surface area (Å²) < 4.78 is 5.28. The molecule has 0 aliphatic carbocycles. The zero-order valence-corrected chi connectivity index (χ0v) is 10.3. The Morgan fingerprint density at radius 1 is 1.28 bits per heavy atom. The summed E-state index contributed by atoms with van der Waals surface area (Å²) in [6, 6.07) is 13.2. The van der Waals surface area contributed by atoms with Gasteiger partial charge < -0.3 is 9.64 Å². The van der Waals surface area contributed by atoms with Crippen LogP contribution in [0, 0.1) is 11.3 Å². The molecule has 0 aliphatic heterocycles. The van der Waals surface area contributed by atoms with Gasteiger partial charge in [0, 0.05) is 18.9 Å². The van der Waals surface area contributed by atoms with Gasteiger partial charge >= 0.3 is 0 Å². The van der Waals surface area contributed by atoms with Crippen molar-refractivity contribution in [3.05, 3.63) is 48.2 Å². The number of methoxy groups -OCH3 is 1. The monoisotopic (exact) mass is 239 g/mol. The number of pyridine rings is 1. The number of nitriles is 1. The largest absolute Gasteiger partial charge is 0.493 e. The highest BCUT2D eigenvalue weighted by Crippen LogP contribution is 2.29. The van der Waals surface area contributed by atoms with E-state index < -0.39 is 0 Å². The van der Waals surface area contributed by atoms with Crippen LogP contribution in [-0.4, -0.2) is 19.1 Å². The Balaban J connectivity index is 2.41. The molecule has 2 aromatic rings. The van der Waals surface area contributed by atoms with Crippen LogP contribution in [0.1, 0.15) is 5.56 Å². The van der Waals surface area contributed by atoms with Gasteiger partial charge in [0.15, 0.2) is 11.6 Å². The standard InChI is InChI=1S/C14H13N3O/c1-17(12-6-3-5-11(9-12)10-15)14-13(18-2)7-4-8-16-14/h3-9H,1-2H3. The van der Waals surface area contributed by atoms with Gasteiger partial charge in [-0.15, -0.1) is 0 Å². The van der Waals surface area contributed by atoms with Crippen LogP contribution < -0.4 is 9.64 Å². The van der Waals surface area contributed by atoms with Crippen LogP contribution in [0.3, 0.4) is 0 Å². The number of nitrogens with zero attached hydrogens (tertiary/aromatic N) is 3. The molecule has 4 heteroatoms. The van der Waals surface area contributed by atoms with Crippen LogP contribution in [0.15, 0.2) is 42.6 Å².